The number of nitrogens with one attached hydrogen (secondary N) is 2. The number of benzene rings is 3. The standard InChI is InChI=1S/C33H33N5O2/c1-40-31-9-5-8-27(20-31)26-11-15-29(16-12-26)38(33(39)36-22-24-6-3-2-4-7-24)30-17-13-28(14-18-30)37-32-19-10-25(21-34)23-35-32/h2-12,15-16,19-20,23,28,30H,13-14,17-18,22H2,1H3,(H,35,37)(H,36,39)/t28-,30-. The molecule has 1 aliphatic rings. The van der Waals surface area contributed by atoms with Crippen molar-refractivity contribution in [3.05, 3.63) is 108 Å². The monoisotopic (exact) mass is 531 g/mol. The fourth-order valence-corrected chi connectivity index (χ4v) is 5.20. The summed E-state index contributed by atoms with van der Waals surface area (Å²) in [6, 6.07) is 32.1. The van der Waals surface area contributed by atoms with Crippen molar-refractivity contribution in [1.29, 1.82) is 5.26 Å². The SMILES string of the molecule is COc1cccc(-c2ccc(N(C(=O)NCc3ccccc3)[C@H]3CC[C@H](Nc4ccc(C#N)cn4)CC3)cc2)c1. The molecule has 2 amide bonds. The molecule has 202 valence electrons. The first-order valence-electron chi connectivity index (χ1n) is 13.6. The van der Waals surface area contributed by atoms with Gasteiger partial charge in [-0.1, -0.05) is 54.6 Å². The second-order valence-electron chi connectivity index (χ2n) is 9.99. The van der Waals surface area contributed by atoms with Crippen LogP contribution in [0.3, 0.4) is 0 Å². The number of rotatable bonds is 8. The van der Waals surface area contributed by atoms with E-state index in [0.717, 1.165) is 59.6 Å². The van der Waals surface area contributed by atoms with Crippen LogP contribution in [0.1, 0.15) is 36.8 Å². The third kappa shape index (κ3) is 6.59. The first-order valence-corrected chi connectivity index (χ1v) is 13.6. The van der Waals surface area contributed by atoms with Crippen LogP contribution in [0.2, 0.25) is 0 Å². The lowest BCUT2D eigenvalue weighted by Gasteiger charge is -2.37. The second kappa shape index (κ2) is 12.8. The van der Waals surface area contributed by atoms with Gasteiger partial charge in [0, 0.05) is 30.5 Å². The van der Waals surface area contributed by atoms with Crippen molar-refractivity contribution >= 4 is 17.5 Å². The van der Waals surface area contributed by atoms with Crippen LogP contribution in [0.15, 0.2) is 97.2 Å². The van der Waals surface area contributed by atoms with Crippen LogP contribution in [0.5, 0.6) is 5.75 Å². The lowest BCUT2D eigenvalue weighted by Crippen LogP contribution is -2.48. The van der Waals surface area contributed by atoms with Crippen molar-refractivity contribution < 1.29 is 9.53 Å². The van der Waals surface area contributed by atoms with Crippen LogP contribution in [0.25, 0.3) is 11.1 Å². The molecule has 0 saturated heterocycles. The molecule has 4 aromatic rings. The van der Waals surface area contributed by atoms with Gasteiger partial charge in [-0.25, -0.2) is 9.78 Å². The molecule has 0 aliphatic heterocycles. The Morgan fingerprint density at radius 2 is 1.73 bits per heavy atom. The Bertz CT molecular complexity index is 1440. The predicted molar refractivity (Wildman–Crippen MR) is 158 cm³/mol. The third-order valence-corrected chi connectivity index (χ3v) is 7.36. The molecule has 5 rings (SSSR count). The van der Waals surface area contributed by atoms with E-state index in [9.17, 15) is 4.79 Å². The summed E-state index contributed by atoms with van der Waals surface area (Å²) < 4.78 is 5.39. The van der Waals surface area contributed by atoms with Gasteiger partial charge >= 0.3 is 6.03 Å². The minimum atomic E-state index is -0.0943. The molecule has 0 unspecified atom stereocenters. The number of aromatic nitrogens is 1. The summed E-state index contributed by atoms with van der Waals surface area (Å²) in [6.07, 6.45) is 5.14. The average molecular weight is 532 g/mol. The largest absolute Gasteiger partial charge is 0.497 e. The first-order chi connectivity index (χ1) is 19.6. The Labute approximate surface area is 235 Å². The van der Waals surface area contributed by atoms with Crippen LogP contribution in [-0.4, -0.2) is 30.2 Å². The first kappa shape index (κ1) is 26.8. The number of carbonyl (C=O) groups excluding carboxylic acids is 1. The Balaban J connectivity index is 1.31. The highest BCUT2D eigenvalue weighted by atomic mass is 16.5. The maximum Gasteiger partial charge on any atom is 0.322 e. The van der Waals surface area contributed by atoms with Crippen molar-refractivity contribution in [2.45, 2.75) is 44.3 Å². The van der Waals surface area contributed by atoms with Gasteiger partial charge in [-0.15, -0.1) is 0 Å². The Kier molecular flexibility index (Phi) is 8.57. The number of ether oxygens (including phenoxy) is 1. The van der Waals surface area contributed by atoms with E-state index in [4.69, 9.17) is 10.00 Å². The van der Waals surface area contributed by atoms with Gasteiger partial charge in [-0.2, -0.15) is 5.26 Å². The number of hydrogen-bond acceptors (Lipinski definition) is 5. The van der Waals surface area contributed by atoms with Gasteiger partial charge in [0.05, 0.1) is 12.7 Å². The van der Waals surface area contributed by atoms with Gasteiger partial charge < -0.3 is 15.4 Å². The lowest BCUT2D eigenvalue weighted by atomic mass is 9.89. The maximum atomic E-state index is 13.6. The van der Waals surface area contributed by atoms with E-state index in [2.05, 4.69) is 39.9 Å². The number of carbonyl (C=O) groups is 1. The van der Waals surface area contributed by atoms with Crippen molar-refractivity contribution in [3.8, 4) is 22.9 Å². The van der Waals surface area contributed by atoms with Crippen molar-refractivity contribution in [1.82, 2.24) is 10.3 Å². The highest BCUT2D eigenvalue weighted by molar-refractivity contribution is 5.93. The van der Waals surface area contributed by atoms with Gasteiger partial charge in [0.25, 0.3) is 0 Å². The minimum absolute atomic E-state index is 0.0745. The predicted octanol–water partition coefficient (Wildman–Crippen LogP) is 6.77. The normalized spacial score (nSPS) is 16.4. The van der Waals surface area contributed by atoms with Crippen LogP contribution in [0, 0.1) is 11.3 Å². The van der Waals surface area contributed by atoms with Gasteiger partial charge in [0.1, 0.15) is 17.6 Å². The summed E-state index contributed by atoms with van der Waals surface area (Å²) in [5, 5.41) is 15.6. The van der Waals surface area contributed by atoms with Crippen LogP contribution in [-0.2, 0) is 6.54 Å². The zero-order chi connectivity index (χ0) is 27.7. The van der Waals surface area contributed by atoms with Gasteiger partial charge in [-0.3, -0.25) is 4.90 Å². The fraction of sp³-hybridized carbons (Fsp3) is 0.242. The summed E-state index contributed by atoms with van der Waals surface area (Å²) in [7, 11) is 1.67. The molecule has 0 radical (unpaired) electrons. The molecular formula is C33H33N5O2. The molecule has 0 bridgehead atoms. The summed E-state index contributed by atoms with van der Waals surface area (Å²) in [4.78, 5) is 19.9. The molecule has 7 heteroatoms. The summed E-state index contributed by atoms with van der Waals surface area (Å²) >= 11 is 0. The van der Waals surface area contributed by atoms with E-state index in [-0.39, 0.29) is 18.1 Å². The van der Waals surface area contributed by atoms with E-state index < -0.39 is 0 Å². The van der Waals surface area contributed by atoms with Crippen molar-refractivity contribution in [3.63, 3.8) is 0 Å². The summed E-state index contributed by atoms with van der Waals surface area (Å²) in [6.45, 7) is 0.472. The molecule has 1 saturated carbocycles. The topological polar surface area (TPSA) is 90.3 Å². The average Bonchev–Trinajstić information content (AvgIpc) is 3.02. The van der Waals surface area contributed by atoms with E-state index in [1.807, 2.05) is 71.6 Å². The Morgan fingerprint density at radius 3 is 2.40 bits per heavy atom. The van der Waals surface area contributed by atoms with Crippen LogP contribution in [0.4, 0.5) is 16.3 Å². The smallest absolute Gasteiger partial charge is 0.322 e. The number of hydrogen-bond donors (Lipinski definition) is 2. The third-order valence-electron chi connectivity index (χ3n) is 7.36. The molecule has 7 nitrogen and oxygen atoms in total. The van der Waals surface area contributed by atoms with Gasteiger partial charge in [0.2, 0.25) is 0 Å². The van der Waals surface area contributed by atoms with Gasteiger partial charge in [-0.05, 0) is 78.8 Å². The summed E-state index contributed by atoms with van der Waals surface area (Å²) in [5.41, 5.74) is 4.61. The fourth-order valence-electron chi connectivity index (χ4n) is 5.20. The number of urea groups is 1. The number of nitriles is 1. The Morgan fingerprint density at radius 1 is 0.950 bits per heavy atom. The molecule has 1 aliphatic carbocycles. The van der Waals surface area contributed by atoms with E-state index in [1.54, 1.807) is 19.4 Å². The zero-order valence-electron chi connectivity index (χ0n) is 22.6. The molecule has 0 spiro atoms. The molecule has 1 fully saturated rings. The number of anilines is 2. The zero-order valence-corrected chi connectivity index (χ0v) is 22.6. The van der Waals surface area contributed by atoms with E-state index in [1.165, 1.54) is 0 Å². The van der Waals surface area contributed by atoms with Gasteiger partial charge in [0.15, 0.2) is 0 Å². The summed E-state index contributed by atoms with van der Waals surface area (Å²) in [5.74, 6) is 1.58. The van der Waals surface area contributed by atoms with Crippen LogP contribution < -0.4 is 20.3 Å². The molecule has 1 heterocycles. The van der Waals surface area contributed by atoms with Crippen molar-refractivity contribution in [2.24, 2.45) is 0 Å². The number of pyridine rings is 1. The minimum Gasteiger partial charge on any atom is -0.497 e. The number of nitrogens with zero attached hydrogens (tertiary/aromatic N) is 3. The highest BCUT2D eigenvalue weighted by Crippen LogP contribution is 2.31. The van der Waals surface area contributed by atoms with E-state index >= 15 is 0 Å². The molecule has 1 aromatic heterocycles. The van der Waals surface area contributed by atoms with E-state index in [0.29, 0.717) is 12.1 Å². The Hall–Kier alpha value is -4.83. The maximum absolute atomic E-state index is 13.6. The van der Waals surface area contributed by atoms with Crippen LogP contribution >= 0.6 is 0 Å². The number of amides is 2. The molecule has 40 heavy (non-hydrogen) atoms. The molecular weight excluding hydrogens is 498 g/mol. The second-order valence-corrected chi connectivity index (χ2v) is 9.99. The molecule has 2 N–H and O–H groups in total. The quantitative estimate of drug-likeness (QED) is 0.262. The highest BCUT2D eigenvalue weighted by Gasteiger charge is 2.30. The molecule has 3 aromatic carbocycles. The van der Waals surface area contributed by atoms with Crippen molar-refractivity contribution in [2.75, 3.05) is 17.3 Å². The number of methoxy groups -OCH3 is 1. The lowest BCUT2D eigenvalue weighted by molar-refractivity contribution is 0.240. The molecule has 0 atom stereocenters.